The molecular weight excluding hydrogens is 298 g/mol. The van der Waals surface area contributed by atoms with E-state index in [1.54, 1.807) is 6.92 Å². The molecule has 21 heavy (non-hydrogen) atoms. The van der Waals surface area contributed by atoms with Crippen molar-refractivity contribution in [2.75, 3.05) is 6.61 Å². The Balaban J connectivity index is 2.55. The fourth-order valence-corrected chi connectivity index (χ4v) is 1.84. The Labute approximate surface area is 124 Å². The van der Waals surface area contributed by atoms with Gasteiger partial charge in [-0.25, -0.2) is 14.8 Å². The maximum atomic E-state index is 11.8. The Morgan fingerprint density at radius 1 is 1.33 bits per heavy atom. The summed E-state index contributed by atoms with van der Waals surface area (Å²) in [6.45, 7) is 1.83. The summed E-state index contributed by atoms with van der Waals surface area (Å²) in [6, 6.07) is 5.38. The molecule has 0 N–H and O–H groups in total. The highest BCUT2D eigenvalue weighted by Gasteiger charge is 2.16. The highest BCUT2D eigenvalue weighted by Crippen LogP contribution is 2.26. The van der Waals surface area contributed by atoms with Crippen molar-refractivity contribution >= 4 is 23.3 Å². The van der Waals surface area contributed by atoms with E-state index in [2.05, 4.69) is 9.97 Å². The van der Waals surface area contributed by atoms with Gasteiger partial charge in [-0.15, -0.1) is 0 Å². The van der Waals surface area contributed by atoms with Crippen LogP contribution in [0.4, 0.5) is 5.69 Å². The molecule has 8 heteroatoms. The molecule has 0 atom stereocenters. The summed E-state index contributed by atoms with van der Waals surface area (Å²) in [7, 11) is 0. The van der Waals surface area contributed by atoms with Gasteiger partial charge in [0.2, 0.25) is 0 Å². The van der Waals surface area contributed by atoms with Crippen LogP contribution in [0.25, 0.3) is 11.3 Å². The molecule has 0 saturated carbocycles. The quantitative estimate of drug-likeness (QED) is 0.373. The molecular formula is C13H10ClN3O4. The topological polar surface area (TPSA) is 95.2 Å². The summed E-state index contributed by atoms with van der Waals surface area (Å²) < 4.78 is 4.86. The van der Waals surface area contributed by atoms with Crippen molar-refractivity contribution in [3.05, 3.63) is 51.4 Å². The summed E-state index contributed by atoms with van der Waals surface area (Å²) in [6.07, 6.45) is 1.24. The van der Waals surface area contributed by atoms with E-state index in [4.69, 9.17) is 16.3 Å². The third-order valence-electron chi connectivity index (χ3n) is 2.57. The number of carbonyl (C=O) groups is 1. The molecule has 0 aliphatic heterocycles. The summed E-state index contributed by atoms with van der Waals surface area (Å²) in [5.41, 5.74) is 0.613. The van der Waals surface area contributed by atoms with Gasteiger partial charge in [0.1, 0.15) is 11.5 Å². The highest BCUT2D eigenvalue weighted by molar-refractivity contribution is 6.29. The first-order chi connectivity index (χ1) is 10.0. The van der Waals surface area contributed by atoms with Crippen LogP contribution in [0.15, 0.2) is 30.6 Å². The number of aromatic nitrogens is 2. The number of carbonyl (C=O) groups excluding carboxylic acids is 1. The summed E-state index contributed by atoms with van der Waals surface area (Å²) in [4.78, 5) is 29.9. The number of hydrogen-bond donors (Lipinski definition) is 0. The van der Waals surface area contributed by atoms with Crippen LogP contribution in [0.2, 0.25) is 5.15 Å². The normalized spacial score (nSPS) is 10.2. The molecule has 0 amide bonds. The van der Waals surface area contributed by atoms with Crippen LogP contribution in [0.3, 0.4) is 0 Å². The van der Waals surface area contributed by atoms with Crippen LogP contribution < -0.4 is 0 Å². The number of nitro benzene ring substituents is 1. The number of esters is 1. The van der Waals surface area contributed by atoms with Gasteiger partial charge >= 0.3 is 5.97 Å². The second-order valence-electron chi connectivity index (χ2n) is 3.97. The number of ether oxygens (including phenoxy) is 1. The van der Waals surface area contributed by atoms with E-state index < -0.39 is 10.9 Å². The Hall–Kier alpha value is -2.54. The average molecular weight is 308 g/mol. The lowest BCUT2D eigenvalue weighted by Crippen LogP contribution is -2.05. The predicted octanol–water partition coefficient (Wildman–Crippen LogP) is 2.88. The first-order valence-electron chi connectivity index (χ1n) is 5.95. The fourth-order valence-electron chi connectivity index (χ4n) is 1.69. The Morgan fingerprint density at radius 3 is 2.71 bits per heavy atom. The van der Waals surface area contributed by atoms with Crippen LogP contribution >= 0.6 is 11.6 Å². The lowest BCUT2D eigenvalue weighted by atomic mass is 10.1. The number of hydrogen-bond acceptors (Lipinski definition) is 6. The summed E-state index contributed by atoms with van der Waals surface area (Å²) in [5, 5.41) is 11.2. The van der Waals surface area contributed by atoms with Crippen LogP contribution in [-0.2, 0) is 4.74 Å². The zero-order chi connectivity index (χ0) is 15.4. The molecule has 2 rings (SSSR count). The Bertz CT molecular complexity index is 706. The van der Waals surface area contributed by atoms with E-state index in [-0.39, 0.29) is 23.0 Å². The summed E-state index contributed by atoms with van der Waals surface area (Å²) >= 11 is 5.77. The number of nitrogens with zero attached hydrogens (tertiary/aromatic N) is 3. The van der Waals surface area contributed by atoms with Crippen molar-refractivity contribution in [2.24, 2.45) is 0 Å². The second-order valence-corrected chi connectivity index (χ2v) is 4.36. The molecule has 0 bridgehead atoms. The maximum Gasteiger partial charge on any atom is 0.338 e. The monoisotopic (exact) mass is 307 g/mol. The fraction of sp³-hybridized carbons (Fsp3) is 0.154. The predicted molar refractivity (Wildman–Crippen MR) is 75.1 cm³/mol. The third-order valence-corrected chi connectivity index (χ3v) is 2.78. The standard InChI is InChI=1S/C13H10ClN3O4/c1-2-21-13(18)9-3-8(4-10(5-9)17(19)20)11-6-12(14)16-7-15-11/h3-7H,2H2,1H3. The molecule has 108 valence electrons. The molecule has 0 aliphatic carbocycles. The third kappa shape index (κ3) is 3.51. The number of benzene rings is 1. The van der Waals surface area contributed by atoms with Crippen LogP contribution in [0, 0.1) is 10.1 Å². The van der Waals surface area contributed by atoms with Crippen molar-refractivity contribution in [3.8, 4) is 11.3 Å². The van der Waals surface area contributed by atoms with Crippen molar-refractivity contribution in [1.82, 2.24) is 9.97 Å². The van der Waals surface area contributed by atoms with Gasteiger partial charge in [-0.1, -0.05) is 11.6 Å². The molecule has 1 heterocycles. The molecule has 1 aromatic heterocycles. The van der Waals surface area contributed by atoms with Crippen LogP contribution in [0.5, 0.6) is 0 Å². The lowest BCUT2D eigenvalue weighted by molar-refractivity contribution is -0.384. The zero-order valence-electron chi connectivity index (χ0n) is 10.9. The SMILES string of the molecule is CCOC(=O)c1cc(-c2cc(Cl)ncn2)cc([N+](=O)[O-])c1. The zero-order valence-corrected chi connectivity index (χ0v) is 11.7. The molecule has 2 aromatic rings. The number of non-ortho nitro benzene ring substituents is 1. The minimum absolute atomic E-state index is 0.0794. The lowest BCUT2D eigenvalue weighted by Gasteiger charge is -2.05. The minimum atomic E-state index is -0.636. The van der Waals surface area contributed by atoms with Gasteiger partial charge in [0.15, 0.2) is 0 Å². The van der Waals surface area contributed by atoms with E-state index >= 15 is 0 Å². The molecule has 0 spiro atoms. The van der Waals surface area contributed by atoms with Gasteiger partial charge < -0.3 is 4.74 Å². The highest BCUT2D eigenvalue weighted by atomic mass is 35.5. The van der Waals surface area contributed by atoms with Gasteiger partial charge in [0, 0.05) is 23.8 Å². The number of nitro groups is 1. The van der Waals surface area contributed by atoms with E-state index in [9.17, 15) is 14.9 Å². The van der Waals surface area contributed by atoms with Crippen LogP contribution in [0.1, 0.15) is 17.3 Å². The average Bonchev–Trinajstić information content (AvgIpc) is 2.47. The number of rotatable bonds is 4. The van der Waals surface area contributed by atoms with Crippen molar-refractivity contribution in [1.29, 1.82) is 0 Å². The van der Waals surface area contributed by atoms with Gasteiger partial charge in [-0.2, -0.15) is 0 Å². The molecule has 0 saturated heterocycles. The van der Waals surface area contributed by atoms with E-state index in [1.165, 1.54) is 24.5 Å². The smallest absolute Gasteiger partial charge is 0.338 e. The Kier molecular flexibility index (Phi) is 4.44. The summed E-state index contributed by atoms with van der Waals surface area (Å²) in [5.74, 6) is -0.636. The maximum absolute atomic E-state index is 11.8. The van der Waals surface area contributed by atoms with E-state index in [1.807, 2.05) is 0 Å². The largest absolute Gasteiger partial charge is 0.462 e. The van der Waals surface area contributed by atoms with E-state index in [0.717, 1.165) is 6.07 Å². The van der Waals surface area contributed by atoms with Crippen molar-refractivity contribution < 1.29 is 14.5 Å². The minimum Gasteiger partial charge on any atom is -0.462 e. The first-order valence-corrected chi connectivity index (χ1v) is 6.33. The van der Waals surface area contributed by atoms with Crippen molar-refractivity contribution in [3.63, 3.8) is 0 Å². The molecule has 7 nitrogen and oxygen atoms in total. The molecule has 0 fully saturated rings. The molecule has 0 aliphatic rings. The van der Waals surface area contributed by atoms with Crippen LogP contribution in [-0.4, -0.2) is 27.5 Å². The molecule has 1 aromatic carbocycles. The molecule has 0 radical (unpaired) electrons. The number of halogens is 1. The van der Waals surface area contributed by atoms with Gasteiger partial charge in [-0.3, -0.25) is 10.1 Å². The van der Waals surface area contributed by atoms with Gasteiger partial charge in [0.25, 0.3) is 5.69 Å². The van der Waals surface area contributed by atoms with E-state index in [0.29, 0.717) is 11.3 Å². The second kappa shape index (κ2) is 6.27. The first kappa shape index (κ1) is 14.9. The van der Waals surface area contributed by atoms with Gasteiger partial charge in [0.05, 0.1) is 22.8 Å². The molecule has 0 unspecified atom stereocenters. The Morgan fingerprint density at radius 2 is 2.10 bits per heavy atom. The van der Waals surface area contributed by atoms with Crippen molar-refractivity contribution in [2.45, 2.75) is 6.92 Å². The van der Waals surface area contributed by atoms with Gasteiger partial charge in [-0.05, 0) is 13.0 Å².